The second-order valence-electron chi connectivity index (χ2n) is 6.04. The van der Waals surface area contributed by atoms with Crippen molar-refractivity contribution < 1.29 is 4.39 Å². The smallest absolute Gasteiger partial charge is 0.173 e. The Hall–Kier alpha value is -2.56. The van der Waals surface area contributed by atoms with Gasteiger partial charge in [0.25, 0.3) is 0 Å². The lowest BCUT2D eigenvalue weighted by atomic mass is 10.2. The maximum absolute atomic E-state index is 13.8. The summed E-state index contributed by atoms with van der Waals surface area (Å²) < 4.78 is 15.7. The molecule has 4 rings (SSSR count). The van der Waals surface area contributed by atoms with E-state index in [4.69, 9.17) is 16.6 Å². The van der Waals surface area contributed by atoms with Crippen molar-refractivity contribution in [2.75, 3.05) is 0 Å². The van der Waals surface area contributed by atoms with E-state index in [0.717, 1.165) is 33.4 Å². The molecule has 1 aromatic heterocycles. The fraction of sp³-hybridized carbons (Fsp3) is 0.0455. The van der Waals surface area contributed by atoms with Crippen LogP contribution in [0.1, 0.15) is 5.56 Å². The Balaban J connectivity index is 1.71. The Morgan fingerprint density at radius 2 is 1.74 bits per heavy atom. The third kappa shape index (κ3) is 4.24. The van der Waals surface area contributed by atoms with E-state index < -0.39 is 0 Å². The summed E-state index contributed by atoms with van der Waals surface area (Å²) >= 11 is 7.68. The molecule has 0 bridgehead atoms. The van der Waals surface area contributed by atoms with Crippen molar-refractivity contribution in [3.63, 3.8) is 0 Å². The normalized spacial score (nSPS) is 10.9. The number of hydrogen-bond acceptors (Lipinski definition) is 2. The zero-order valence-corrected chi connectivity index (χ0v) is 15.9. The fourth-order valence-corrected chi connectivity index (χ4v) is 3.95. The van der Waals surface area contributed by atoms with Crippen molar-refractivity contribution in [3.05, 3.63) is 101 Å². The van der Waals surface area contributed by atoms with Gasteiger partial charge in [-0.3, -0.25) is 4.57 Å². The van der Waals surface area contributed by atoms with Crippen LogP contribution in [0.2, 0.25) is 5.02 Å². The van der Waals surface area contributed by atoms with Gasteiger partial charge in [-0.25, -0.2) is 9.37 Å². The number of rotatable bonds is 5. The van der Waals surface area contributed by atoms with Gasteiger partial charge in [0.05, 0.1) is 11.4 Å². The molecule has 0 N–H and O–H groups in total. The lowest BCUT2D eigenvalue weighted by molar-refractivity contribution is 0.626. The molecule has 2 nitrogen and oxygen atoms in total. The van der Waals surface area contributed by atoms with Gasteiger partial charge in [0.1, 0.15) is 5.82 Å². The first-order chi connectivity index (χ1) is 13.2. The highest BCUT2D eigenvalue weighted by molar-refractivity contribution is 7.98. The van der Waals surface area contributed by atoms with Crippen LogP contribution in [-0.4, -0.2) is 9.55 Å². The van der Waals surface area contributed by atoms with Gasteiger partial charge in [0.15, 0.2) is 5.16 Å². The van der Waals surface area contributed by atoms with Gasteiger partial charge in [-0.15, -0.1) is 0 Å². The monoisotopic (exact) mass is 394 g/mol. The van der Waals surface area contributed by atoms with Gasteiger partial charge < -0.3 is 0 Å². The van der Waals surface area contributed by atoms with Crippen LogP contribution in [0.15, 0.2) is 90.2 Å². The largest absolute Gasteiger partial charge is 0.294 e. The minimum absolute atomic E-state index is 0.270. The average Bonchev–Trinajstić information content (AvgIpc) is 3.11. The zero-order chi connectivity index (χ0) is 18.6. The van der Waals surface area contributed by atoms with Gasteiger partial charge in [-0.2, -0.15) is 0 Å². The van der Waals surface area contributed by atoms with Crippen LogP contribution in [0.3, 0.4) is 0 Å². The van der Waals surface area contributed by atoms with E-state index in [0.29, 0.717) is 5.02 Å². The number of imidazole rings is 1. The molecule has 0 fully saturated rings. The predicted molar refractivity (Wildman–Crippen MR) is 110 cm³/mol. The molecule has 0 aliphatic rings. The van der Waals surface area contributed by atoms with Crippen LogP contribution in [0, 0.1) is 5.82 Å². The van der Waals surface area contributed by atoms with Gasteiger partial charge in [0.2, 0.25) is 0 Å². The number of hydrogen-bond donors (Lipinski definition) is 0. The van der Waals surface area contributed by atoms with Crippen molar-refractivity contribution in [2.24, 2.45) is 0 Å². The Bertz CT molecular complexity index is 1060. The number of aromatic nitrogens is 2. The first-order valence-corrected chi connectivity index (χ1v) is 9.83. The molecule has 27 heavy (non-hydrogen) atoms. The van der Waals surface area contributed by atoms with Crippen LogP contribution in [0.25, 0.3) is 16.9 Å². The van der Waals surface area contributed by atoms with E-state index in [-0.39, 0.29) is 5.82 Å². The van der Waals surface area contributed by atoms with E-state index in [1.54, 1.807) is 17.8 Å². The molecule has 0 atom stereocenters. The van der Waals surface area contributed by atoms with Crippen LogP contribution in [-0.2, 0) is 5.75 Å². The van der Waals surface area contributed by atoms with Crippen molar-refractivity contribution >= 4 is 23.4 Å². The summed E-state index contributed by atoms with van der Waals surface area (Å²) in [6.07, 6.45) is 1.95. The molecule has 3 aromatic carbocycles. The highest BCUT2D eigenvalue weighted by Crippen LogP contribution is 2.30. The molecule has 5 heteroatoms. The molecular formula is C22H16ClFN2S. The summed E-state index contributed by atoms with van der Waals surface area (Å²) in [6.45, 7) is 0. The highest BCUT2D eigenvalue weighted by Gasteiger charge is 2.12. The fourth-order valence-electron chi connectivity index (χ4n) is 2.80. The molecule has 4 aromatic rings. The van der Waals surface area contributed by atoms with Gasteiger partial charge in [-0.1, -0.05) is 71.9 Å². The van der Waals surface area contributed by atoms with Crippen molar-refractivity contribution in [1.82, 2.24) is 9.55 Å². The minimum Gasteiger partial charge on any atom is -0.294 e. The first kappa shape index (κ1) is 17.8. The lowest BCUT2D eigenvalue weighted by Gasteiger charge is -2.07. The topological polar surface area (TPSA) is 17.8 Å². The van der Waals surface area contributed by atoms with E-state index in [1.807, 2.05) is 71.4 Å². The maximum Gasteiger partial charge on any atom is 0.173 e. The number of benzene rings is 3. The molecule has 0 saturated heterocycles. The Morgan fingerprint density at radius 3 is 2.52 bits per heavy atom. The Labute approximate surface area is 166 Å². The molecule has 134 valence electrons. The molecule has 1 heterocycles. The van der Waals surface area contributed by atoms with E-state index in [1.165, 1.54) is 12.1 Å². The quantitative estimate of drug-likeness (QED) is 0.354. The summed E-state index contributed by atoms with van der Waals surface area (Å²) in [5.74, 6) is 0.453. The molecule has 0 aliphatic heterocycles. The number of nitrogens with zero attached hydrogens (tertiary/aromatic N) is 2. The summed E-state index contributed by atoms with van der Waals surface area (Å²) in [4.78, 5) is 4.79. The Morgan fingerprint density at radius 1 is 0.926 bits per heavy atom. The lowest BCUT2D eigenvalue weighted by Crippen LogP contribution is -1.96. The summed E-state index contributed by atoms with van der Waals surface area (Å²) in [6, 6.07) is 24.3. The van der Waals surface area contributed by atoms with Gasteiger partial charge in [-0.05, 0) is 35.9 Å². The molecule has 0 saturated carbocycles. The van der Waals surface area contributed by atoms with E-state index >= 15 is 0 Å². The zero-order valence-electron chi connectivity index (χ0n) is 14.3. The van der Waals surface area contributed by atoms with Crippen molar-refractivity contribution in [1.29, 1.82) is 0 Å². The van der Waals surface area contributed by atoms with Gasteiger partial charge in [0, 0.05) is 22.5 Å². The number of thioether (sulfide) groups is 1. The highest BCUT2D eigenvalue weighted by atomic mass is 35.5. The van der Waals surface area contributed by atoms with Crippen molar-refractivity contribution in [3.8, 4) is 16.9 Å². The van der Waals surface area contributed by atoms with E-state index in [9.17, 15) is 4.39 Å². The third-order valence-corrected chi connectivity index (χ3v) is 5.35. The van der Waals surface area contributed by atoms with Crippen LogP contribution in [0.4, 0.5) is 4.39 Å². The molecule has 0 spiro atoms. The molecule has 0 amide bonds. The third-order valence-electron chi connectivity index (χ3n) is 4.09. The standard InChI is InChI=1S/C22H16ClFN2S/c23-18-9-4-6-16(12-18)15-27-22-25-21(17-7-2-1-3-8-17)14-26(22)20-11-5-10-19(24)13-20/h1-14H,15H2. The molecular weight excluding hydrogens is 379 g/mol. The molecule has 0 radical (unpaired) electrons. The summed E-state index contributed by atoms with van der Waals surface area (Å²) in [5.41, 5.74) is 3.74. The van der Waals surface area contributed by atoms with E-state index in [2.05, 4.69) is 0 Å². The number of halogens is 2. The second-order valence-corrected chi connectivity index (χ2v) is 7.42. The van der Waals surface area contributed by atoms with Gasteiger partial charge >= 0.3 is 0 Å². The van der Waals surface area contributed by atoms with Crippen LogP contribution >= 0.6 is 23.4 Å². The molecule has 0 unspecified atom stereocenters. The first-order valence-electron chi connectivity index (χ1n) is 8.47. The van der Waals surface area contributed by atoms with Crippen molar-refractivity contribution in [2.45, 2.75) is 10.9 Å². The SMILES string of the molecule is Fc1cccc(-n2cc(-c3ccccc3)nc2SCc2cccc(Cl)c2)c1. The predicted octanol–water partition coefficient (Wildman–Crippen LogP) is 6.62. The average molecular weight is 395 g/mol. The molecule has 0 aliphatic carbocycles. The Kier molecular flexibility index (Phi) is 5.28. The maximum atomic E-state index is 13.8. The second kappa shape index (κ2) is 7.99. The summed E-state index contributed by atoms with van der Waals surface area (Å²) in [5, 5.41) is 1.52. The van der Waals surface area contributed by atoms with Crippen LogP contribution < -0.4 is 0 Å². The minimum atomic E-state index is -0.270. The summed E-state index contributed by atoms with van der Waals surface area (Å²) in [7, 11) is 0. The van der Waals surface area contributed by atoms with Crippen LogP contribution in [0.5, 0.6) is 0 Å².